The zero-order valence-electron chi connectivity index (χ0n) is 12.3. The first-order valence-corrected chi connectivity index (χ1v) is 7.03. The van der Waals surface area contributed by atoms with Gasteiger partial charge < -0.3 is 14.5 Å². The molecule has 0 aliphatic rings. The molecule has 2 aromatic rings. The van der Waals surface area contributed by atoms with Gasteiger partial charge >= 0.3 is 5.63 Å². The van der Waals surface area contributed by atoms with Gasteiger partial charge in [0.1, 0.15) is 11.3 Å². The molecule has 114 valence electrons. The lowest BCUT2D eigenvalue weighted by Gasteiger charge is -2.08. The van der Waals surface area contributed by atoms with Gasteiger partial charge in [0.05, 0.1) is 6.54 Å². The van der Waals surface area contributed by atoms with Crippen LogP contribution in [0.4, 0.5) is 0 Å². The molecule has 0 aliphatic heterocycles. The number of hydrogen-bond acceptors (Lipinski definition) is 4. The van der Waals surface area contributed by atoms with Crippen LogP contribution in [-0.4, -0.2) is 19.1 Å². The number of terminal acetylenes is 1. The van der Waals surface area contributed by atoms with Crippen molar-refractivity contribution in [3.8, 4) is 18.1 Å². The van der Waals surface area contributed by atoms with Gasteiger partial charge in [-0.2, -0.15) is 0 Å². The Labute approximate surface area is 128 Å². The van der Waals surface area contributed by atoms with E-state index in [1.54, 1.807) is 12.1 Å². The molecule has 0 unspecified atom stereocenters. The summed E-state index contributed by atoms with van der Waals surface area (Å²) >= 11 is 0. The fraction of sp³-hybridized carbons (Fsp3) is 0.294. The van der Waals surface area contributed by atoms with Gasteiger partial charge in [-0.05, 0) is 24.1 Å². The minimum atomic E-state index is -0.389. The molecule has 0 saturated heterocycles. The fourth-order valence-corrected chi connectivity index (χ4v) is 2.13. The topological polar surface area (TPSA) is 68.5 Å². The number of benzene rings is 1. The molecule has 0 aliphatic carbocycles. The highest BCUT2D eigenvalue weighted by atomic mass is 16.5. The van der Waals surface area contributed by atoms with Crippen molar-refractivity contribution in [2.24, 2.45) is 0 Å². The van der Waals surface area contributed by atoms with Gasteiger partial charge in [-0.25, -0.2) is 4.79 Å². The van der Waals surface area contributed by atoms with E-state index in [9.17, 15) is 9.59 Å². The van der Waals surface area contributed by atoms with Crippen LogP contribution in [0.5, 0.6) is 5.75 Å². The Morgan fingerprint density at radius 1 is 1.41 bits per heavy atom. The lowest BCUT2D eigenvalue weighted by atomic mass is 10.1. The summed E-state index contributed by atoms with van der Waals surface area (Å²) in [5, 5.41) is 3.38. The van der Waals surface area contributed by atoms with Crippen LogP contribution >= 0.6 is 0 Å². The van der Waals surface area contributed by atoms with E-state index in [0.29, 0.717) is 11.3 Å². The van der Waals surface area contributed by atoms with Crippen molar-refractivity contribution in [1.82, 2.24) is 5.32 Å². The molecule has 1 N–H and O–H groups in total. The number of amides is 1. The lowest BCUT2D eigenvalue weighted by Crippen LogP contribution is -2.29. The summed E-state index contributed by atoms with van der Waals surface area (Å²) in [5.74, 6) is 2.46. The molecule has 0 atom stereocenters. The second-order valence-electron chi connectivity index (χ2n) is 4.77. The summed E-state index contributed by atoms with van der Waals surface area (Å²) < 4.78 is 10.6. The smallest absolute Gasteiger partial charge is 0.336 e. The van der Waals surface area contributed by atoms with E-state index < -0.39 is 0 Å². The Balaban J connectivity index is 2.18. The molecule has 5 nitrogen and oxygen atoms in total. The molecule has 1 amide bonds. The van der Waals surface area contributed by atoms with E-state index in [1.807, 2.05) is 13.0 Å². The number of rotatable bonds is 6. The lowest BCUT2D eigenvalue weighted by molar-refractivity contribution is -0.122. The predicted octanol–water partition coefficient (Wildman–Crippen LogP) is 1.87. The molecule has 1 heterocycles. The Bertz CT molecular complexity index is 770. The van der Waals surface area contributed by atoms with Gasteiger partial charge in [-0.1, -0.05) is 19.3 Å². The van der Waals surface area contributed by atoms with Crippen LogP contribution in [0.15, 0.2) is 33.5 Å². The van der Waals surface area contributed by atoms with Gasteiger partial charge in [0, 0.05) is 17.5 Å². The molecule has 0 saturated carbocycles. The van der Waals surface area contributed by atoms with Crippen LogP contribution < -0.4 is 15.7 Å². The summed E-state index contributed by atoms with van der Waals surface area (Å²) in [6.07, 6.45) is 6.79. The van der Waals surface area contributed by atoms with Crippen LogP contribution in [0.1, 0.15) is 18.9 Å². The van der Waals surface area contributed by atoms with Crippen LogP contribution in [-0.2, 0) is 11.2 Å². The summed E-state index contributed by atoms with van der Waals surface area (Å²) in [6.45, 7) is 2.06. The summed E-state index contributed by atoms with van der Waals surface area (Å²) in [6, 6.07) is 6.71. The maximum atomic E-state index is 11.6. The molecule has 2 rings (SSSR count). The molecule has 1 aromatic carbocycles. The molecule has 0 radical (unpaired) electrons. The first kappa shape index (κ1) is 15.6. The summed E-state index contributed by atoms with van der Waals surface area (Å²) in [4.78, 5) is 23.0. The van der Waals surface area contributed by atoms with Crippen molar-refractivity contribution in [3.05, 3.63) is 40.2 Å². The molecular formula is C17H17NO4. The highest BCUT2D eigenvalue weighted by Crippen LogP contribution is 2.23. The Kier molecular flexibility index (Phi) is 5.21. The number of carbonyl (C=O) groups is 1. The number of aryl methyl sites for hydroxylation is 1. The molecular weight excluding hydrogens is 282 g/mol. The van der Waals surface area contributed by atoms with Crippen molar-refractivity contribution in [2.75, 3.05) is 13.2 Å². The average Bonchev–Trinajstić information content (AvgIpc) is 2.50. The van der Waals surface area contributed by atoms with Crippen molar-refractivity contribution in [1.29, 1.82) is 0 Å². The number of nitrogens with one attached hydrogen (secondary N) is 1. The van der Waals surface area contributed by atoms with Gasteiger partial charge in [0.15, 0.2) is 6.61 Å². The Morgan fingerprint density at radius 2 is 2.23 bits per heavy atom. The van der Waals surface area contributed by atoms with Gasteiger partial charge in [0.25, 0.3) is 5.91 Å². The normalized spacial score (nSPS) is 10.2. The Morgan fingerprint density at radius 3 is 2.95 bits per heavy atom. The zero-order valence-corrected chi connectivity index (χ0v) is 12.3. The fourth-order valence-electron chi connectivity index (χ4n) is 2.13. The molecule has 0 bridgehead atoms. The van der Waals surface area contributed by atoms with Crippen molar-refractivity contribution >= 4 is 16.9 Å². The number of fused-ring (bicyclic) bond motifs is 1. The minimum absolute atomic E-state index is 0.147. The highest BCUT2D eigenvalue weighted by Gasteiger charge is 2.08. The Hall–Kier alpha value is -2.74. The van der Waals surface area contributed by atoms with E-state index in [1.165, 1.54) is 6.07 Å². The third kappa shape index (κ3) is 3.89. The molecule has 0 spiro atoms. The minimum Gasteiger partial charge on any atom is -0.484 e. The van der Waals surface area contributed by atoms with E-state index in [-0.39, 0.29) is 24.7 Å². The van der Waals surface area contributed by atoms with Gasteiger partial charge in [-0.3, -0.25) is 4.79 Å². The second-order valence-corrected chi connectivity index (χ2v) is 4.77. The van der Waals surface area contributed by atoms with E-state index >= 15 is 0 Å². The SMILES string of the molecule is C#CCNC(=O)COc1ccc2c(CCC)cc(=O)oc2c1. The van der Waals surface area contributed by atoms with Crippen LogP contribution in [0.3, 0.4) is 0 Å². The first-order chi connectivity index (χ1) is 10.6. The number of ether oxygens (including phenoxy) is 1. The monoisotopic (exact) mass is 299 g/mol. The van der Waals surface area contributed by atoms with Crippen molar-refractivity contribution < 1.29 is 13.9 Å². The molecule has 22 heavy (non-hydrogen) atoms. The van der Waals surface area contributed by atoms with E-state index in [4.69, 9.17) is 15.6 Å². The largest absolute Gasteiger partial charge is 0.484 e. The summed E-state index contributed by atoms with van der Waals surface area (Å²) in [7, 11) is 0. The summed E-state index contributed by atoms with van der Waals surface area (Å²) in [5.41, 5.74) is 1.02. The molecule has 1 aromatic heterocycles. The standard InChI is InChI=1S/C17H17NO4/c1-3-5-12-9-17(20)22-15-10-13(6-7-14(12)15)21-11-16(19)18-8-4-2/h2,6-7,9-10H,3,5,8,11H2,1H3,(H,18,19). The third-order valence-electron chi connectivity index (χ3n) is 3.08. The maximum Gasteiger partial charge on any atom is 0.336 e. The van der Waals surface area contributed by atoms with Gasteiger partial charge in [-0.15, -0.1) is 6.42 Å². The second kappa shape index (κ2) is 7.32. The predicted molar refractivity (Wildman–Crippen MR) is 83.8 cm³/mol. The van der Waals surface area contributed by atoms with Crippen molar-refractivity contribution in [3.63, 3.8) is 0 Å². The van der Waals surface area contributed by atoms with Crippen LogP contribution in [0, 0.1) is 12.3 Å². The van der Waals surface area contributed by atoms with Gasteiger partial charge in [0.2, 0.25) is 0 Å². The van der Waals surface area contributed by atoms with E-state index in [0.717, 1.165) is 23.8 Å². The third-order valence-corrected chi connectivity index (χ3v) is 3.08. The van der Waals surface area contributed by atoms with Crippen LogP contribution in [0.25, 0.3) is 11.0 Å². The number of carbonyl (C=O) groups excluding carboxylic acids is 1. The first-order valence-electron chi connectivity index (χ1n) is 7.03. The maximum absolute atomic E-state index is 11.6. The van der Waals surface area contributed by atoms with Crippen LogP contribution in [0.2, 0.25) is 0 Å². The van der Waals surface area contributed by atoms with Crippen molar-refractivity contribution in [2.45, 2.75) is 19.8 Å². The molecule has 0 fully saturated rings. The average molecular weight is 299 g/mol. The zero-order chi connectivity index (χ0) is 15.9. The quantitative estimate of drug-likeness (QED) is 0.653. The number of hydrogen-bond donors (Lipinski definition) is 1. The van der Waals surface area contributed by atoms with E-state index in [2.05, 4.69) is 11.2 Å². The molecule has 5 heteroatoms. The highest BCUT2D eigenvalue weighted by molar-refractivity contribution is 5.82.